The molecule has 96 valence electrons. The van der Waals surface area contributed by atoms with Crippen LogP contribution in [-0.2, 0) is 6.42 Å². The third-order valence-electron chi connectivity index (χ3n) is 2.65. The van der Waals surface area contributed by atoms with Gasteiger partial charge >= 0.3 is 0 Å². The fourth-order valence-electron chi connectivity index (χ4n) is 1.85. The summed E-state index contributed by atoms with van der Waals surface area (Å²) in [5.74, 6) is 0.940. The number of ether oxygens (including phenoxy) is 1. The van der Waals surface area contributed by atoms with Gasteiger partial charge in [-0.1, -0.05) is 11.6 Å². The van der Waals surface area contributed by atoms with Crippen LogP contribution in [0.25, 0.3) is 0 Å². The van der Waals surface area contributed by atoms with E-state index in [-0.39, 0.29) is 0 Å². The van der Waals surface area contributed by atoms with Gasteiger partial charge in [-0.05, 0) is 62.7 Å². The zero-order valence-corrected chi connectivity index (χ0v) is 11.3. The van der Waals surface area contributed by atoms with Crippen molar-refractivity contribution in [2.75, 3.05) is 26.7 Å². The molecule has 0 heterocycles. The van der Waals surface area contributed by atoms with Gasteiger partial charge in [0, 0.05) is 5.02 Å². The lowest BCUT2D eigenvalue weighted by Crippen LogP contribution is -2.21. The van der Waals surface area contributed by atoms with E-state index < -0.39 is 0 Å². The summed E-state index contributed by atoms with van der Waals surface area (Å²) in [5, 5.41) is 4.11. The lowest BCUT2D eigenvalue weighted by Gasteiger charge is -2.12. The molecule has 1 aromatic rings. The minimum atomic E-state index is 0.729. The number of nitrogens with one attached hydrogen (secondary N) is 1. The molecule has 0 fully saturated rings. The van der Waals surface area contributed by atoms with E-state index in [2.05, 4.69) is 5.32 Å². The third kappa shape index (κ3) is 4.54. The van der Waals surface area contributed by atoms with E-state index in [1.54, 1.807) is 7.11 Å². The van der Waals surface area contributed by atoms with Crippen molar-refractivity contribution >= 4 is 11.6 Å². The summed E-state index contributed by atoms with van der Waals surface area (Å²) >= 11 is 6.05. The summed E-state index contributed by atoms with van der Waals surface area (Å²) in [5.41, 5.74) is 7.66. The predicted octanol–water partition coefficient (Wildman–Crippen LogP) is 2.14. The minimum absolute atomic E-state index is 0.729. The SMILES string of the molecule is COc1c(C)cc(Cl)cc1CCNCCCN. The van der Waals surface area contributed by atoms with Gasteiger partial charge in [0.1, 0.15) is 5.75 Å². The Kier molecular flexibility index (Phi) is 6.34. The van der Waals surface area contributed by atoms with E-state index in [0.29, 0.717) is 0 Å². The molecule has 1 aromatic carbocycles. The predicted molar refractivity (Wildman–Crippen MR) is 73.0 cm³/mol. The van der Waals surface area contributed by atoms with Crippen LogP contribution in [-0.4, -0.2) is 26.7 Å². The Bertz CT molecular complexity index is 356. The van der Waals surface area contributed by atoms with Crippen LogP contribution in [0.15, 0.2) is 12.1 Å². The van der Waals surface area contributed by atoms with Gasteiger partial charge in [0.2, 0.25) is 0 Å². The van der Waals surface area contributed by atoms with Gasteiger partial charge in [0.05, 0.1) is 7.11 Å². The van der Waals surface area contributed by atoms with E-state index in [9.17, 15) is 0 Å². The molecule has 0 aromatic heterocycles. The molecule has 3 N–H and O–H groups in total. The number of aryl methyl sites for hydroxylation is 1. The van der Waals surface area contributed by atoms with Crippen molar-refractivity contribution in [3.8, 4) is 5.75 Å². The normalized spacial score (nSPS) is 10.6. The highest BCUT2D eigenvalue weighted by atomic mass is 35.5. The van der Waals surface area contributed by atoms with Crippen molar-refractivity contribution in [3.05, 3.63) is 28.3 Å². The average Bonchev–Trinajstić information content (AvgIpc) is 2.28. The second kappa shape index (κ2) is 7.54. The molecule has 1 rings (SSSR count). The van der Waals surface area contributed by atoms with Crippen molar-refractivity contribution in [3.63, 3.8) is 0 Å². The highest BCUT2D eigenvalue weighted by Crippen LogP contribution is 2.27. The van der Waals surface area contributed by atoms with Gasteiger partial charge in [-0.15, -0.1) is 0 Å². The van der Waals surface area contributed by atoms with Crippen molar-refractivity contribution in [2.24, 2.45) is 5.73 Å². The number of nitrogens with two attached hydrogens (primary N) is 1. The number of hydrogen-bond acceptors (Lipinski definition) is 3. The molecular weight excluding hydrogens is 236 g/mol. The standard InChI is InChI=1S/C13H21ClN2O/c1-10-8-12(14)9-11(13(10)17-2)4-7-16-6-3-5-15/h8-9,16H,3-7,15H2,1-2H3. The molecule has 3 nitrogen and oxygen atoms in total. The maximum absolute atomic E-state index is 6.05. The van der Waals surface area contributed by atoms with E-state index in [0.717, 1.165) is 54.4 Å². The summed E-state index contributed by atoms with van der Waals surface area (Å²) in [6.07, 6.45) is 1.92. The summed E-state index contributed by atoms with van der Waals surface area (Å²) < 4.78 is 5.40. The van der Waals surface area contributed by atoms with Crippen LogP contribution >= 0.6 is 11.6 Å². The van der Waals surface area contributed by atoms with Crippen molar-refractivity contribution < 1.29 is 4.74 Å². The zero-order chi connectivity index (χ0) is 12.7. The molecule has 0 unspecified atom stereocenters. The monoisotopic (exact) mass is 256 g/mol. The first-order valence-corrected chi connectivity index (χ1v) is 6.30. The first kappa shape index (κ1) is 14.3. The molecule has 0 aliphatic carbocycles. The fraction of sp³-hybridized carbons (Fsp3) is 0.538. The van der Waals surface area contributed by atoms with E-state index in [1.807, 2.05) is 19.1 Å². The Morgan fingerprint density at radius 2 is 2.12 bits per heavy atom. The van der Waals surface area contributed by atoms with E-state index in [1.165, 1.54) is 0 Å². The molecule has 4 heteroatoms. The van der Waals surface area contributed by atoms with Crippen molar-refractivity contribution in [1.29, 1.82) is 0 Å². The molecule has 17 heavy (non-hydrogen) atoms. The van der Waals surface area contributed by atoms with Gasteiger partial charge in [0.25, 0.3) is 0 Å². The Hall–Kier alpha value is -0.770. The smallest absolute Gasteiger partial charge is 0.125 e. The van der Waals surface area contributed by atoms with Gasteiger partial charge in [-0.3, -0.25) is 0 Å². The van der Waals surface area contributed by atoms with Crippen molar-refractivity contribution in [2.45, 2.75) is 19.8 Å². The molecular formula is C13H21ClN2O. The summed E-state index contributed by atoms with van der Waals surface area (Å²) in [4.78, 5) is 0. The number of halogens is 1. The summed E-state index contributed by atoms with van der Waals surface area (Å²) in [7, 11) is 1.70. The third-order valence-corrected chi connectivity index (χ3v) is 2.87. The molecule has 0 saturated carbocycles. The highest BCUT2D eigenvalue weighted by Gasteiger charge is 2.07. The van der Waals surface area contributed by atoms with Crippen LogP contribution in [0.1, 0.15) is 17.5 Å². The first-order valence-electron chi connectivity index (χ1n) is 5.92. The average molecular weight is 257 g/mol. The van der Waals surface area contributed by atoms with E-state index >= 15 is 0 Å². The highest BCUT2D eigenvalue weighted by molar-refractivity contribution is 6.30. The second-order valence-electron chi connectivity index (χ2n) is 4.06. The Morgan fingerprint density at radius 3 is 2.76 bits per heavy atom. The Balaban J connectivity index is 2.57. The zero-order valence-electron chi connectivity index (χ0n) is 10.6. The van der Waals surface area contributed by atoms with Crippen LogP contribution in [0.3, 0.4) is 0 Å². The van der Waals surface area contributed by atoms with Gasteiger partial charge < -0.3 is 15.8 Å². The van der Waals surface area contributed by atoms with Crippen LogP contribution in [0.5, 0.6) is 5.75 Å². The number of methoxy groups -OCH3 is 1. The van der Waals surface area contributed by atoms with Gasteiger partial charge in [-0.25, -0.2) is 0 Å². The minimum Gasteiger partial charge on any atom is -0.496 e. The fourth-order valence-corrected chi connectivity index (χ4v) is 2.15. The Morgan fingerprint density at radius 1 is 1.35 bits per heavy atom. The Labute approximate surface area is 108 Å². The summed E-state index contributed by atoms with van der Waals surface area (Å²) in [6, 6.07) is 3.89. The molecule has 0 aliphatic heterocycles. The molecule has 0 spiro atoms. The van der Waals surface area contributed by atoms with Crippen LogP contribution in [0.4, 0.5) is 0 Å². The number of hydrogen-bond donors (Lipinski definition) is 2. The first-order chi connectivity index (χ1) is 8.19. The largest absolute Gasteiger partial charge is 0.496 e. The van der Waals surface area contributed by atoms with E-state index in [4.69, 9.17) is 22.1 Å². The molecule has 0 atom stereocenters. The van der Waals surface area contributed by atoms with Crippen LogP contribution < -0.4 is 15.8 Å². The molecule has 0 saturated heterocycles. The van der Waals surface area contributed by atoms with Crippen molar-refractivity contribution in [1.82, 2.24) is 5.32 Å². The summed E-state index contributed by atoms with van der Waals surface area (Å²) in [6.45, 7) is 4.61. The maximum atomic E-state index is 6.05. The topological polar surface area (TPSA) is 47.3 Å². The number of rotatable bonds is 7. The number of benzene rings is 1. The molecule has 0 bridgehead atoms. The lowest BCUT2D eigenvalue weighted by molar-refractivity contribution is 0.406. The van der Waals surface area contributed by atoms with Gasteiger partial charge in [-0.2, -0.15) is 0 Å². The lowest BCUT2D eigenvalue weighted by atomic mass is 10.1. The molecule has 0 amide bonds. The van der Waals surface area contributed by atoms with Crippen LogP contribution in [0.2, 0.25) is 5.02 Å². The molecule has 0 aliphatic rings. The van der Waals surface area contributed by atoms with Crippen LogP contribution in [0, 0.1) is 6.92 Å². The quantitative estimate of drug-likeness (QED) is 0.735. The molecule has 0 radical (unpaired) electrons. The van der Waals surface area contributed by atoms with Gasteiger partial charge in [0.15, 0.2) is 0 Å². The second-order valence-corrected chi connectivity index (χ2v) is 4.49. The maximum Gasteiger partial charge on any atom is 0.125 e.